The van der Waals surface area contributed by atoms with E-state index in [2.05, 4.69) is 21.1 Å². The number of oxime groups is 1. The molecule has 1 aromatic rings. The van der Waals surface area contributed by atoms with Gasteiger partial charge in [0.2, 0.25) is 0 Å². The van der Waals surface area contributed by atoms with E-state index in [9.17, 15) is 0 Å². The zero-order chi connectivity index (χ0) is 7.40. The van der Waals surface area contributed by atoms with Crippen molar-refractivity contribution in [2.45, 2.75) is 0 Å². The Labute approximate surface area is 67.3 Å². The first-order valence-electron chi connectivity index (χ1n) is 2.76. The van der Waals surface area contributed by atoms with E-state index in [0.29, 0.717) is 0 Å². The highest BCUT2D eigenvalue weighted by atomic mass is 79.9. The number of hydrogen-bond acceptors (Lipinski definition) is 2. The van der Waals surface area contributed by atoms with Crippen LogP contribution in [0.1, 0.15) is 5.56 Å². The second kappa shape index (κ2) is 3.37. The Morgan fingerprint density at radius 3 is 2.90 bits per heavy atom. The fourth-order valence-electron chi connectivity index (χ4n) is 0.654. The van der Waals surface area contributed by atoms with E-state index < -0.39 is 0 Å². The van der Waals surface area contributed by atoms with Gasteiger partial charge in [-0.25, -0.2) is 0 Å². The molecule has 2 nitrogen and oxygen atoms in total. The molecule has 1 aromatic carbocycles. The van der Waals surface area contributed by atoms with E-state index in [-0.39, 0.29) is 0 Å². The van der Waals surface area contributed by atoms with E-state index in [1.165, 1.54) is 6.21 Å². The van der Waals surface area contributed by atoms with Crippen LogP contribution in [0.5, 0.6) is 0 Å². The molecule has 0 unspecified atom stereocenters. The third kappa shape index (κ3) is 1.84. The molecule has 0 spiro atoms. The van der Waals surface area contributed by atoms with Crippen molar-refractivity contribution in [3.63, 3.8) is 0 Å². The van der Waals surface area contributed by atoms with Crippen molar-refractivity contribution in [2.24, 2.45) is 5.16 Å². The Balaban J connectivity index is 2.95. The van der Waals surface area contributed by atoms with Gasteiger partial charge in [-0.3, -0.25) is 0 Å². The molecule has 10 heavy (non-hydrogen) atoms. The van der Waals surface area contributed by atoms with Crippen LogP contribution in [0, 0.1) is 0 Å². The Morgan fingerprint density at radius 2 is 2.30 bits per heavy atom. The lowest BCUT2D eigenvalue weighted by atomic mass is 10.2. The standard InChI is InChI=1S/C7H6BrNO/c8-7-3-1-2-6(4-7)5-9-10/h1-5,10H/b9-5-. The molecule has 0 amide bonds. The summed E-state index contributed by atoms with van der Waals surface area (Å²) in [5.41, 5.74) is 0.872. The average Bonchev–Trinajstić information content (AvgIpc) is 1.88. The van der Waals surface area contributed by atoms with Gasteiger partial charge in [0.25, 0.3) is 0 Å². The number of nitrogens with zero attached hydrogens (tertiary/aromatic N) is 1. The molecular weight excluding hydrogens is 194 g/mol. The molecule has 0 aliphatic rings. The van der Waals surface area contributed by atoms with Crippen molar-refractivity contribution in [1.82, 2.24) is 0 Å². The van der Waals surface area contributed by atoms with Crippen LogP contribution in [0.4, 0.5) is 0 Å². The normalized spacial score (nSPS) is 10.5. The lowest BCUT2D eigenvalue weighted by Gasteiger charge is -1.90. The highest BCUT2D eigenvalue weighted by Gasteiger charge is 1.87. The first-order valence-corrected chi connectivity index (χ1v) is 3.55. The van der Waals surface area contributed by atoms with E-state index in [4.69, 9.17) is 5.21 Å². The van der Waals surface area contributed by atoms with Gasteiger partial charge in [0.15, 0.2) is 0 Å². The molecule has 0 atom stereocenters. The van der Waals surface area contributed by atoms with Gasteiger partial charge >= 0.3 is 0 Å². The van der Waals surface area contributed by atoms with E-state index in [0.717, 1.165) is 10.0 Å². The van der Waals surface area contributed by atoms with Crippen molar-refractivity contribution in [3.05, 3.63) is 34.3 Å². The molecule has 0 aliphatic carbocycles. The summed E-state index contributed by atoms with van der Waals surface area (Å²) in [4.78, 5) is 0. The van der Waals surface area contributed by atoms with Crippen LogP contribution < -0.4 is 0 Å². The van der Waals surface area contributed by atoms with Crippen LogP contribution in [-0.4, -0.2) is 11.4 Å². The van der Waals surface area contributed by atoms with Gasteiger partial charge in [-0.15, -0.1) is 0 Å². The summed E-state index contributed by atoms with van der Waals surface area (Å²) in [5.74, 6) is 0. The number of halogens is 1. The molecule has 0 heterocycles. The molecule has 0 radical (unpaired) electrons. The minimum absolute atomic E-state index is 0.872. The Bertz CT molecular complexity index is 247. The average molecular weight is 200 g/mol. The van der Waals surface area contributed by atoms with Crippen molar-refractivity contribution in [1.29, 1.82) is 0 Å². The fraction of sp³-hybridized carbons (Fsp3) is 0. The Morgan fingerprint density at radius 1 is 1.50 bits per heavy atom. The smallest absolute Gasteiger partial charge is 0.0734 e. The second-order valence-corrected chi connectivity index (χ2v) is 2.72. The molecular formula is C7H6BrNO. The minimum Gasteiger partial charge on any atom is -0.411 e. The second-order valence-electron chi connectivity index (χ2n) is 1.80. The van der Waals surface area contributed by atoms with Crippen LogP contribution in [0.2, 0.25) is 0 Å². The number of hydrogen-bond donors (Lipinski definition) is 1. The van der Waals surface area contributed by atoms with Crippen LogP contribution in [-0.2, 0) is 0 Å². The van der Waals surface area contributed by atoms with Crippen LogP contribution in [0.3, 0.4) is 0 Å². The van der Waals surface area contributed by atoms with Crippen LogP contribution >= 0.6 is 15.9 Å². The van der Waals surface area contributed by atoms with Crippen molar-refractivity contribution in [2.75, 3.05) is 0 Å². The van der Waals surface area contributed by atoms with Gasteiger partial charge in [0.05, 0.1) is 6.21 Å². The maximum Gasteiger partial charge on any atom is 0.0734 e. The summed E-state index contributed by atoms with van der Waals surface area (Å²) in [6.45, 7) is 0. The molecule has 52 valence electrons. The maximum absolute atomic E-state index is 8.16. The largest absolute Gasteiger partial charge is 0.411 e. The summed E-state index contributed by atoms with van der Waals surface area (Å²) in [6, 6.07) is 7.50. The molecule has 1 rings (SSSR count). The van der Waals surface area contributed by atoms with E-state index >= 15 is 0 Å². The zero-order valence-electron chi connectivity index (χ0n) is 5.16. The lowest BCUT2D eigenvalue weighted by molar-refractivity contribution is 0.322. The topological polar surface area (TPSA) is 32.6 Å². The first-order chi connectivity index (χ1) is 4.83. The summed E-state index contributed by atoms with van der Waals surface area (Å²) in [5, 5.41) is 11.1. The number of rotatable bonds is 1. The fourth-order valence-corrected chi connectivity index (χ4v) is 1.07. The van der Waals surface area contributed by atoms with Gasteiger partial charge in [-0.05, 0) is 17.7 Å². The van der Waals surface area contributed by atoms with Crippen molar-refractivity contribution in [3.8, 4) is 0 Å². The van der Waals surface area contributed by atoms with Gasteiger partial charge in [-0.2, -0.15) is 0 Å². The molecule has 0 fully saturated rings. The Kier molecular flexibility index (Phi) is 2.45. The highest BCUT2D eigenvalue weighted by Crippen LogP contribution is 2.09. The molecule has 0 aromatic heterocycles. The van der Waals surface area contributed by atoms with Gasteiger partial charge < -0.3 is 5.21 Å². The molecule has 3 heteroatoms. The number of benzene rings is 1. The predicted octanol–water partition coefficient (Wildman–Crippen LogP) is 2.26. The van der Waals surface area contributed by atoms with Gasteiger partial charge in [0, 0.05) is 4.47 Å². The lowest BCUT2D eigenvalue weighted by Crippen LogP contribution is -1.78. The predicted molar refractivity (Wildman–Crippen MR) is 43.5 cm³/mol. The summed E-state index contributed by atoms with van der Waals surface area (Å²) in [6.07, 6.45) is 1.38. The summed E-state index contributed by atoms with van der Waals surface area (Å²) < 4.78 is 0.977. The maximum atomic E-state index is 8.16. The van der Waals surface area contributed by atoms with E-state index in [1.54, 1.807) is 0 Å². The zero-order valence-corrected chi connectivity index (χ0v) is 6.75. The first kappa shape index (κ1) is 7.28. The summed E-state index contributed by atoms with van der Waals surface area (Å²) >= 11 is 3.29. The molecule has 1 N–H and O–H groups in total. The van der Waals surface area contributed by atoms with Crippen LogP contribution in [0.25, 0.3) is 0 Å². The third-order valence-electron chi connectivity index (χ3n) is 1.06. The van der Waals surface area contributed by atoms with Gasteiger partial charge in [0.1, 0.15) is 0 Å². The molecule has 0 bridgehead atoms. The monoisotopic (exact) mass is 199 g/mol. The Hall–Kier alpha value is -0.830. The third-order valence-corrected chi connectivity index (χ3v) is 1.55. The quantitative estimate of drug-likeness (QED) is 0.421. The molecule has 0 saturated carbocycles. The van der Waals surface area contributed by atoms with Crippen molar-refractivity contribution < 1.29 is 5.21 Å². The molecule has 0 saturated heterocycles. The van der Waals surface area contributed by atoms with Crippen molar-refractivity contribution >= 4 is 22.1 Å². The highest BCUT2D eigenvalue weighted by molar-refractivity contribution is 9.10. The summed E-state index contributed by atoms with van der Waals surface area (Å²) in [7, 11) is 0. The van der Waals surface area contributed by atoms with Gasteiger partial charge in [-0.1, -0.05) is 33.2 Å². The molecule has 0 aliphatic heterocycles. The minimum atomic E-state index is 0.872. The SMILES string of the molecule is O/N=C\c1cccc(Br)c1. The van der Waals surface area contributed by atoms with Crippen LogP contribution in [0.15, 0.2) is 33.9 Å². The van der Waals surface area contributed by atoms with E-state index in [1.807, 2.05) is 24.3 Å².